The summed E-state index contributed by atoms with van der Waals surface area (Å²) >= 11 is 0. The maximum absolute atomic E-state index is 12.3. The molecule has 0 saturated heterocycles. The van der Waals surface area contributed by atoms with Crippen molar-refractivity contribution in [2.24, 2.45) is 7.05 Å². The lowest BCUT2D eigenvalue weighted by molar-refractivity contribution is 0.0686. The number of carboxylic acids is 1. The fourth-order valence-electron chi connectivity index (χ4n) is 1.73. The summed E-state index contributed by atoms with van der Waals surface area (Å²) in [4.78, 5) is 10.9. The van der Waals surface area contributed by atoms with Crippen LogP contribution in [0.2, 0.25) is 0 Å². The fraction of sp³-hybridized carbons (Fsp3) is 0.545. The van der Waals surface area contributed by atoms with E-state index < -0.39 is 16.0 Å². The van der Waals surface area contributed by atoms with Crippen molar-refractivity contribution in [1.82, 2.24) is 8.87 Å². The van der Waals surface area contributed by atoms with Crippen LogP contribution < -0.4 is 0 Å². The maximum atomic E-state index is 12.3. The molecule has 1 heterocycles. The molecule has 1 rings (SSSR count). The first-order chi connectivity index (χ1) is 8.34. The van der Waals surface area contributed by atoms with Crippen molar-refractivity contribution < 1.29 is 18.3 Å². The Bertz CT molecular complexity index is 533. The van der Waals surface area contributed by atoms with E-state index in [1.165, 1.54) is 28.2 Å². The molecule has 0 unspecified atom stereocenters. The second-order valence-corrected chi connectivity index (χ2v) is 5.91. The highest BCUT2D eigenvalue weighted by Crippen LogP contribution is 2.18. The van der Waals surface area contributed by atoms with Crippen molar-refractivity contribution >= 4 is 16.0 Å². The fourth-order valence-corrected chi connectivity index (χ4v) is 3.35. The van der Waals surface area contributed by atoms with Crippen LogP contribution in [-0.4, -0.2) is 41.5 Å². The summed E-state index contributed by atoms with van der Waals surface area (Å²) < 4.78 is 27.2. The van der Waals surface area contributed by atoms with E-state index in [0.29, 0.717) is 19.5 Å². The zero-order valence-electron chi connectivity index (χ0n) is 10.8. The zero-order valence-corrected chi connectivity index (χ0v) is 11.6. The molecule has 102 valence electrons. The first-order valence-electron chi connectivity index (χ1n) is 5.74. The van der Waals surface area contributed by atoms with Gasteiger partial charge in [-0.25, -0.2) is 13.2 Å². The average Bonchev–Trinajstić information content (AvgIpc) is 2.68. The normalized spacial score (nSPS) is 12.0. The molecule has 0 aromatic carbocycles. The van der Waals surface area contributed by atoms with Gasteiger partial charge in [0, 0.05) is 26.3 Å². The third-order valence-corrected chi connectivity index (χ3v) is 4.60. The van der Waals surface area contributed by atoms with Gasteiger partial charge in [-0.1, -0.05) is 13.8 Å². The van der Waals surface area contributed by atoms with Crippen molar-refractivity contribution in [2.75, 3.05) is 13.1 Å². The molecular formula is C11H18N2O4S. The first kappa shape index (κ1) is 14.7. The van der Waals surface area contributed by atoms with E-state index in [4.69, 9.17) is 5.11 Å². The number of aromatic nitrogens is 1. The summed E-state index contributed by atoms with van der Waals surface area (Å²) in [5, 5.41) is 8.91. The number of nitrogens with zero attached hydrogens (tertiary/aromatic N) is 2. The Balaban J connectivity index is 3.20. The summed E-state index contributed by atoms with van der Waals surface area (Å²) in [6.07, 6.45) is 2.04. The van der Waals surface area contributed by atoms with Gasteiger partial charge in [0.05, 0.1) is 0 Å². The summed E-state index contributed by atoms with van der Waals surface area (Å²) in [7, 11) is -2.09. The first-order valence-corrected chi connectivity index (χ1v) is 7.18. The highest BCUT2D eigenvalue weighted by molar-refractivity contribution is 7.89. The number of hydrogen-bond donors (Lipinski definition) is 1. The van der Waals surface area contributed by atoms with Gasteiger partial charge in [-0.2, -0.15) is 4.31 Å². The molecule has 0 amide bonds. The van der Waals surface area contributed by atoms with Crippen LogP contribution in [0.15, 0.2) is 17.2 Å². The van der Waals surface area contributed by atoms with Crippen LogP contribution in [0.4, 0.5) is 0 Å². The topological polar surface area (TPSA) is 79.6 Å². The SMILES string of the molecule is CCCN(CC)S(=O)(=O)c1cc(C(=O)O)n(C)c1. The van der Waals surface area contributed by atoms with Gasteiger partial charge in [0.1, 0.15) is 10.6 Å². The van der Waals surface area contributed by atoms with Crippen LogP contribution in [0.5, 0.6) is 0 Å². The van der Waals surface area contributed by atoms with Gasteiger partial charge < -0.3 is 9.67 Å². The molecule has 0 aliphatic rings. The number of aromatic carboxylic acids is 1. The molecule has 1 N–H and O–H groups in total. The third-order valence-electron chi connectivity index (χ3n) is 2.66. The molecule has 0 bridgehead atoms. The molecular weight excluding hydrogens is 256 g/mol. The molecule has 0 radical (unpaired) electrons. The summed E-state index contributed by atoms with van der Waals surface area (Å²) in [6.45, 7) is 4.45. The minimum atomic E-state index is -3.60. The van der Waals surface area contributed by atoms with Gasteiger partial charge >= 0.3 is 5.97 Å². The summed E-state index contributed by atoms with van der Waals surface area (Å²) in [5.74, 6) is -1.14. The molecule has 0 saturated carbocycles. The van der Waals surface area contributed by atoms with Crippen molar-refractivity contribution in [3.8, 4) is 0 Å². The van der Waals surface area contributed by atoms with Crippen LogP contribution in [0.3, 0.4) is 0 Å². The van der Waals surface area contributed by atoms with E-state index in [2.05, 4.69) is 0 Å². The second kappa shape index (κ2) is 5.53. The standard InChI is InChI=1S/C11H18N2O4S/c1-4-6-13(5-2)18(16,17)9-7-10(11(14)15)12(3)8-9/h7-8H,4-6H2,1-3H3,(H,14,15). The molecule has 0 atom stereocenters. The van der Waals surface area contributed by atoms with Crippen LogP contribution in [-0.2, 0) is 17.1 Å². The lowest BCUT2D eigenvalue weighted by Gasteiger charge is -2.18. The Morgan fingerprint density at radius 1 is 1.44 bits per heavy atom. The largest absolute Gasteiger partial charge is 0.477 e. The minimum Gasteiger partial charge on any atom is -0.477 e. The van der Waals surface area contributed by atoms with E-state index in [-0.39, 0.29) is 10.6 Å². The van der Waals surface area contributed by atoms with Crippen molar-refractivity contribution in [2.45, 2.75) is 25.2 Å². The Kier molecular flexibility index (Phi) is 4.53. The molecule has 0 spiro atoms. The molecule has 18 heavy (non-hydrogen) atoms. The highest BCUT2D eigenvalue weighted by atomic mass is 32.2. The summed E-state index contributed by atoms with van der Waals surface area (Å²) in [6, 6.07) is 1.19. The van der Waals surface area contributed by atoms with Gasteiger partial charge in [0.25, 0.3) is 0 Å². The van der Waals surface area contributed by atoms with E-state index in [9.17, 15) is 13.2 Å². The molecule has 0 aliphatic heterocycles. The van der Waals surface area contributed by atoms with E-state index in [0.717, 1.165) is 0 Å². The van der Waals surface area contributed by atoms with Crippen LogP contribution in [0, 0.1) is 0 Å². The number of carboxylic acid groups (broad SMARTS) is 1. The number of hydrogen-bond acceptors (Lipinski definition) is 3. The molecule has 6 nitrogen and oxygen atoms in total. The summed E-state index contributed by atoms with van der Waals surface area (Å²) in [5.41, 5.74) is -0.0406. The molecule has 0 fully saturated rings. The predicted octanol–water partition coefficient (Wildman–Crippen LogP) is 1.14. The molecule has 1 aromatic rings. The van der Waals surface area contributed by atoms with Crippen molar-refractivity contribution in [1.29, 1.82) is 0 Å². The quantitative estimate of drug-likeness (QED) is 0.843. The maximum Gasteiger partial charge on any atom is 0.352 e. The molecule has 0 aliphatic carbocycles. The zero-order chi connectivity index (χ0) is 13.9. The number of carbonyl (C=O) groups is 1. The monoisotopic (exact) mass is 274 g/mol. The van der Waals surface area contributed by atoms with Gasteiger partial charge in [0.15, 0.2) is 0 Å². The van der Waals surface area contributed by atoms with Gasteiger partial charge in [-0.3, -0.25) is 0 Å². The Morgan fingerprint density at radius 3 is 2.44 bits per heavy atom. The van der Waals surface area contributed by atoms with Gasteiger partial charge in [-0.15, -0.1) is 0 Å². The van der Waals surface area contributed by atoms with Crippen LogP contribution in [0.25, 0.3) is 0 Å². The van der Waals surface area contributed by atoms with Gasteiger partial charge in [0.2, 0.25) is 10.0 Å². The molecule has 7 heteroatoms. The number of aryl methyl sites for hydroxylation is 1. The smallest absolute Gasteiger partial charge is 0.352 e. The second-order valence-electron chi connectivity index (χ2n) is 3.97. The Hall–Kier alpha value is -1.34. The average molecular weight is 274 g/mol. The van der Waals surface area contributed by atoms with Crippen molar-refractivity contribution in [3.63, 3.8) is 0 Å². The van der Waals surface area contributed by atoms with Crippen LogP contribution >= 0.6 is 0 Å². The van der Waals surface area contributed by atoms with Crippen molar-refractivity contribution in [3.05, 3.63) is 18.0 Å². The van der Waals surface area contributed by atoms with E-state index >= 15 is 0 Å². The third kappa shape index (κ3) is 2.73. The lowest BCUT2D eigenvalue weighted by Crippen LogP contribution is -2.31. The van der Waals surface area contributed by atoms with Crippen LogP contribution in [0.1, 0.15) is 30.8 Å². The lowest BCUT2D eigenvalue weighted by atomic mass is 10.4. The highest BCUT2D eigenvalue weighted by Gasteiger charge is 2.25. The number of sulfonamides is 1. The minimum absolute atomic E-state index is 0.0256. The van der Waals surface area contributed by atoms with Gasteiger partial charge in [-0.05, 0) is 12.5 Å². The number of rotatable bonds is 6. The Labute approximate surface area is 107 Å². The Morgan fingerprint density at radius 2 is 2.06 bits per heavy atom. The molecule has 1 aromatic heterocycles. The van der Waals surface area contributed by atoms with E-state index in [1.54, 1.807) is 6.92 Å². The van der Waals surface area contributed by atoms with E-state index in [1.807, 2.05) is 6.92 Å². The predicted molar refractivity (Wildman–Crippen MR) is 67.1 cm³/mol.